The molecule has 1 N–H and O–H groups in total. The van der Waals surface area contributed by atoms with Crippen LogP contribution in [0.4, 0.5) is 4.79 Å². The van der Waals surface area contributed by atoms with Gasteiger partial charge in [-0.2, -0.15) is 5.26 Å². The number of amides is 1. The van der Waals surface area contributed by atoms with Crippen LogP contribution in [0.3, 0.4) is 0 Å². The molecule has 1 unspecified atom stereocenters. The van der Waals surface area contributed by atoms with Crippen LogP contribution in [0.1, 0.15) is 39.7 Å². The summed E-state index contributed by atoms with van der Waals surface area (Å²) in [6, 6.07) is 7.46. The molecule has 29 heavy (non-hydrogen) atoms. The Morgan fingerprint density at radius 2 is 2.17 bits per heavy atom. The molecule has 0 saturated heterocycles. The minimum atomic E-state index is -0.534. The summed E-state index contributed by atoms with van der Waals surface area (Å²) in [4.78, 5) is 15.8. The molecule has 0 aliphatic heterocycles. The summed E-state index contributed by atoms with van der Waals surface area (Å²) < 4.78 is 11.0. The second-order valence-corrected chi connectivity index (χ2v) is 7.70. The third-order valence-electron chi connectivity index (χ3n) is 3.48. The lowest BCUT2D eigenvalue weighted by Gasteiger charge is -2.19. The third-order valence-corrected chi connectivity index (χ3v) is 3.83. The molecule has 0 spiro atoms. The van der Waals surface area contributed by atoms with E-state index in [1.165, 1.54) is 6.20 Å². The first kappa shape index (κ1) is 24.3. The molecule has 1 amide bonds. The highest BCUT2D eigenvalue weighted by molar-refractivity contribution is 6.31. The van der Waals surface area contributed by atoms with Gasteiger partial charge in [-0.15, -0.1) is 0 Å². The summed E-state index contributed by atoms with van der Waals surface area (Å²) >= 11 is 6.34. The highest BCUT2D eigenvalue weighted by Gasteiger charge is 2.15. The fraction of sp³-hybridized carbons (Fsp3) is 0.409. The SMILES string of the molecule is C=CN=C(C/C=C\C(C)C#N)Oc1ccc(CCNC(=O)OC(C)(C)C)c(Cl)c1. The van der Waals surface area contributed by atoms with Crippen LogP contribution in [0.2, 0.25) is 5.02 Å². The predicted molar refractivity (Wildman–Crippen MR) is 116 cm³/mol. The van der Waals surface area contributed by atoms with Crippen molar-refractivity contribution in [1.82, 2.24) is 5.32 Å². The Kier molecular flexibility index (Phi) is 9.98. The van der Waals surface area contributed by atoms with Crippen molar-refractivity contribution in [3.05, 3.63) is 53.7 Å². The smallest absolute Gasteiger partial charge is 0.407 e. The molecule has 1 rings (SSSR count). The molecule has 0 aliphatic carbocycles. The lowest BCUT2D eigenvalue weighted by Crippen LogP contribution is -2.33. The maximum absolute atomic E-state index is 11.7. The fourth-order valence-electron chi connectivity index (χ4n) is 2.18. The molecule has 1 aromatic rings. The maximum Gasteiger partial charge on any atom is 0.407 e. The number of benzene rings is 1. The molecule has 1 aromatic carbocycles. The van der Waals surface area contributed by atoms with Crippen LogP contribution in [-0.2, 0) is 11.2 Å². The Hall–Kier alpha value is -2.78. The van der Waals surface area contributed by atoms with Crippen LogP contribution in [0.15, 0.2) is 48.1 Å². The van der Waals surface area contributed by atoms with E-state index < -0.39 is 11.7 Å². The van der Waals surface area contributed by atoms with Crippen LogP contribution in [0.25, 0.3) is 0 Å². The standard InChI is InChI=1S/C22H28ClN3O3/c1-6-25-20(9-7-8-16(2)15-24)28-18-11-10-17(19(23)14-18)12-13-26-21(27)29-22(3,4)5/h6-8,10-11,14,16H,1,9,12-13H2,2-5H3,(H,26,27)/b8-7-,25-20?. The third kappa shape index (κ3) is 10.4. The van der Waals surface area contributed by atoms with Crippen LogP contribution < -0.4 is 10.1 Å². The fourth-order valence-corrected chi connectivity index (χ4v) is 2.45. The van der Waals surface area contributed by atoms with Crippen LogP contribution in [-0.4, -0.2) is 24.1 Å². The maximum atomic E-state index is 11.7. The number of allylic oxidation sites excluding steroid dienone is 1. The Morgan fingerprint density at radius 3 is 2.76 bits per heavy atom. The van der Waals surface area contributed by atoms with Gasteiger partial charge in [0.2, 0.25) is 0 Å². The Bertz CT molecular complexity index is 805. The molecule has 0 bridgehead atoms. The summed E-state index contributed by atoms with van der Waals surface area (Å²) in [5.74, 6) is 0.806. The molecule has 0 radical (unpaired) electrons. The number of hydrogen-bond acceptors (Lipinski definition) is 5. The van der Waals surface area contributed by atoms with Crippen molar-refractivity contribution in [3.8, 4) is 11.8 Å². The summed E-state index contributed by atoms with van der Waals surface area (Å²) in [6.07, 6.45) is 5.54. The highest BCUT2D eigenvalue weighted by Crippen LogP contribution is 2.23. The first-order valence-electron chi connectivity index (χ1n) is 9.31. The summed E-state index contributed by atoms with van der Waals surface area (Å²) in [7, 11) is 0. The molecule has 6 nitrogen and oxygen atoms in total. The number of halogens is 1. The molecular weight excluding hydrogens is 390 g/mol. The molecule has 1 atom stereocenters. The van der Waals surface area contributed by atoms with Gasteiger partial charge < -0.3 is 14.8 Å². The summed E-state index contributed by atoms with van der Waals surface area (Å²) in [6.45, 7) is 11.2. The molecule has 0 saturated carbocycles. The quantitative estimate of drug-likeness (QED) is 0.347. The van der Waals surface area contributed by atoms with Crippen molar-refractivity contribution >= 4 is 23.6 Å². The van der Waals surface area contributed by atoms with E-state index in [0.29, 0.717) is 36.1 Å². The van der Waals surface area contributed by atoms with E-state index in [4.69, 9.17) is 26.3 Å². The minimum Gasteiger partial charge on any atom is -0.444 e. The molecular formula is C22H28ClN3O3. The number of rotatable bonds is 8. The number of nitrogens with one attached hydrogen (secondary N) is 1. The Morgan fingerprint density at radius 1 is 1.45 bits per heavy atom. The topological polar surface area (TPSA) is 83.7 Å². The molecule has 0 aromatic heterocycles. The summed E-state index contributed by atoms with van der Waals surface area (Å²) in [5, 5.41) is 12.0. The normalized spacial score (nSPS) is 12.9. The van der Waals surface area contributed by atoms with Gasteiger partial charge in [-0.1, -0.05) is 36.4 Å². The average Bonchev–Trinajstić information content (AvgIpc) is 2.62. The second kappa shape index (κ2) is 11.9. The van der Waals surface area contributed by atoms with Gasteiger partial charge in [-0.3, -0.25) is 0 Å². The van der Waals surface area contributed by atoms with Crippen LogP contribution >= 0.6 is 11.6 Å². The number of nitriles is 1. The number of ether oxygens (including phenoxy) is 2. The van der Waals surface area contributed by atoms with E-state index in [-0.39, 0.29) is 5.92 Å². The lowest BCUT2D eigenvalue weighted by molar-refractivity contribution is 0.0528. The van der Waals surface area contributed by atoms with Crippen molar-refractivity contribution in [2.45, 2.75) is 46.1 Å². The van der Waals surface area contributed by atoms with Gasteiger partial charge in [-0.25, -0.2) is 9.79 Å². The number of hydrogen-bond donors (Lipinski definition) is 1. The zero-order valence-electron chi connectivity index (χ0n) is 17.4. The number of carbonyl (C=O) groups excluding carboxylic acids is 1. The monoisotopic (exact) mass is 417 g/mol. The van der Waals surface area contributed by atoms with Gasteiger partial charge in [0.15, 0.2) is 5.90 Å². The zero-order chi connectivity index (χ0) is 21.9. The minimum absolute atomic E-state index is 0.178. The van der Waals surface area contributed by atoms with E-state index >= 15 is 0 Å². The van der Waals surface area contributed by atoms with Crippen LogP contribution in [0, 0.1) is 17.2 Å². The van der Waals surface area contributed by atoms with Crippen molar-refractivity contribution in [2.75, 3.05) is 6.54 Å². The Labute approximate surface area is 177 Å². The van der Waals surface area contributed by atoms with Gasteiger partial charge in [0.05, 0.1) is 12.0 Å². The number of alkyl carbamates (subject to hydrolysis) is 1. The van der Waals surface area contributed by atoms with Crippen molar-refractivity contribution in [2.24, 2.45) is 10.9 Å². The summed E-state index contributed by atoms with van der Waals surface area (Å²) in [5.41, 5.74) is 0.341. The van der Waals surface area contributed by atoms with Gasteiger partial charge in [-0.05, 0) is 51.8 Å². The van der Waals surface area contributed by atoms with Gasteiger partial charge in [0.1, 0.15) is 11.4 Å². The van der Waals surface area contributed by atoms with E-state index in [9.17, 15) is 4.79 Å². The van der Waals surface area contributed by atoms with Crippen molar-refractivity contribution in [3.63, 3.8) is 0 Å². The largest absolute Gasteiger partial charge is 0.444 e. The van der Waals surface area contributed by atoms with Gasteiger partial charge >= 0.3 is 6.09 Å². The number of nitrogens with zero attached hydrogens (tertiary/aromatic N) is 2. The Balaban J connectivity index is 2.65. The van der Waals surface area contributed by atoms with E-state index in [0.717, 1.165) is 5.56 Å². The first-order valence-corrected chi connectivity index (χ1v) is 9.69. The molecule has 156 valence electrons. The van der Waals surface area contributed by atoms with Crippen LogP contribution in [0.5, 0.6) is 5.75 Å². The average molecular weight is 418 g/mol. The lowest BCUT2D eigenvalue weighted by atomic mass is 10.1. The van der Waals surface area contributed by atoms with Crippen molar-refractivity contribution < 1.29 is 14.3 Å². The molecule has 7 heteroatoms. The first-order chi connectivity index (χ1) is 13.6. The van der Waals surface area contributed by atoms with Gasteiger partial charge in [0.25, 0.3) is 0 Å². The van der Waals surface area contributed by atoms with E-state index in [1.807, 2.05) is 32.9 Å². The van der Waals surface area contributed by atoms with E-state index in [1.54, 1.807) is 25.1 Å². The van der Waals surface area contributed by atoms with E-state index in [2.05, 4.69) is 23.0 Å². The van der Waals surface area contributed by atoms with Gasteiger partial charge in [0, 0.05) is 24.2 Å². The second-order valence-electron chi connectivity index (χ2n) is 7.29. The molecule has 0 heterocycles. The highest BCUT2D eigenvalue weighted by atomic mass is 35.5. The molecule has 0 fully saturated rings. The van der Waals surface area contributed by atoms with Crippen molar-refractivity contribution in [1.29, 1.82) is 5.26 Å². The predicted octanol–water partition coefficient (Wildman–Crippen LogP) is 5.43. The number of carbonyl (C=O) groups is 1. The number of aliphatic imine (C=N–C) groups is 1. The zero-order valence-corrected chi connectivity index (χ0v) is 18.1. The molecule has 0 aliphatic rings.